The lowest BCUT2D eigenvalue weighted by Crippen LogP contribution is -2.47. The van der Waals surface area contributed by atoms with Gasteiger partial charge in [-0.25, -0.2) is 14.0 Å². The number of anilines is 1. The number of halogens is 1. The topological polar surface area (TPSA) is 73.9 Å². The molecule has 1 atom stereocenters. The molecule has 2 aliphatic heterocycles. The van der Waals surface area contributed by atoms with Crippen LogP contribution in [0.3, 0.4) is 0 Å². The zero-order valence-electron chi connectivity index (χ0n) is 16.9. The van der Waals surface area contributed by atoms with Crippen molar-refractivity contribution in [2.75, 3.05) is 38.1 Å². The van der Waals surface area contributed by atoms with E-state index in [1.807, 2.05) is 25.1 Å². The average molecular weight is 412 g/mol. The zero-order chi connectivity index (χ0) is 21.1. The van der Waals surface area contributed by atoms with Crippen molar-refractivity contribution in [3.05, 3.63) is 59.4 Å². The van der Waals surface area contributed by atoms with Crippen molar-refractivity contribution in [3.8, 4) is 5.75 Å². The van der Waals surface area contributed by atoms with Gasteiger partial charge in [0.15, 0.2) is 0 Å². The van der Waals surface area contributed by atoms with Crippen LogP contribution >= 0.6 is 0 Å². The molecule has 0 aromatic heterocycles. The van der Waals surface area contributed by atoms with Crippen molar-refractivity contribution < 1.29 is 18.7 Å². The van der Waals surface area contributed by atoms with Crippen LogP contribution < -0.4 is 15.4 Å². The lowest BCUT2D eigenvalue weighted by molar-refractivity contribution is 0.126. The van der Waals surface area contributed by atoms with Gasteiger partial charge in [0.25, 0.3) is 0 Å². The summed E-state index contributed by atoms with van der Waals surface area (Å²) >= 11 is 0. The minimum Gasteiger partial charge on any atom is -0.492 e. The molecule has 0 bridgehead atoms. The van der Waals surface area contributed by atoms with Crippen LogP contribution in [-0.2, 0) is 0 Å². The molecule has 30 heavy (non-hydrogen) atoms. The smallest absolute Gasteiger partial charge is 0.322 e. The Hall–Kier alpha value is -3.29. The van der Waals surface area contributed by atoms with Gasteiger partial charge in [0.1, 0.15) is 18.2 Å². The van der Waals surface area contributed by atoms with Crippen molar-refractivity contribution in [2.24, 2.45) is 0 Å². The summed E-state index contributed by atoms with van der Waals surface area (Å²) in [4.78, 5) is 27.6. The van der Waals surface area contributed by atoms with E-state index >= 15 is 0 Å². The number of carbonyl (C=O) groups is 2. The number of amides is 4. The molecule has 2 fully saturated rings. The van der Waals surface area contributed by atoms with Crippen molar-refractivity contribution in [1.29, 1.82) is 0 Å². The maximum atomic E-state index is 13.5. The van der Waals surface area contributed by atoms with E-state index in [4.69, 9.17) is 4.74 Å². The van der Waals surface area contributed by atoms with E-state index in [1.165, 1.54) is 12.1 Å². The molecule has 0 spiro atoms. The Labute approximate surface area is 174 Å². The first-order chi connectivity index (χ1) is 14.5. The summed E-state index contributed by atoms with van der Waals surface area (Å²) in [7, 11) is 0. The Kier molecular flexibility index (Phi) is 5.74. The third-order valence-corrected chi connectivity index (χ3v) is 5.53. The van der Waals surface area contributed by atoms with E-state index in [9.17, 15) is 14.0 Å². The normalized spacial score (nSPS) is 18.1. The van der Waals surface area contributed by atoms with E-state index < -0.39 is 0 Å². The number of benzene rings is 2. The maximum absolute atomic E-state index is 13.5. The average Bonchev–Trinajstić information content (AvgIpc) is 3.08. The Bertz CT molecular complexity index is 952. The molecule has 158 valence electrons. The minimum absolute atomic E-state index is 0.0598. The highest BCUT2D eigenvalue weighted by molar-refractivity contribution is 5.91. The fourth-order valence-electron chi connectivity index (χ4n) is 3.74. The van der Waals surface area contributed by atoms with Crippen LogP contribution in [0.25, 0.3) is 0 Å². The highest BCUT2D eigenvalue weighted by Gasteiger charge is 2.33. The number of nitrogens with zero attached hydrogens (tertiary/aromatic N) is 2. The lowest BCUT2D eigenvalue weighted by atomic mass is 9.95. The molecule has 8 heteroatoms. The van der Waals surface area contributed by atoms with Gasteiger partial charge in [-0.1, -0.05) is 12.1 Å². The molecule has 2 aromatic carbocycles. The number of hydrogen-bond donors (Lipinski definition) is 2. The Balaban J connectivity index is 1.32. The number of nitrogens with one attached hydrogen (secondary N) is 2. The third kappa shape index (κ3) is 4.32. The van der Waals surface area contributed by atoms with Gasteiger partial charge in [0.05, 0.1) is 12.6 Å². The molecule has 7 nitrogen and oxygen atoms in total. The van der Waals surface area contributed by atoms with E-state index in [2.05, 4.69) is 10.6 Å². The first-order valence-electron chi connectivity index (χ1n) is 10.1. The standard InChI is InChI=1S/C22H25FN4O3/c1-15-13-18(30-12-11-26-10-8-24-21(26)28)5-6-19(15)25-22(29)27-9-7-20(27)16-3-2-4-17(23)14-16/h2-6,13-14,20H,7-12H2,1H3,(H,24,28)(H,25,29). The van der Waals surface area contributed by atoms with E-state index in [1.54, 1.807) is 21.9 Å². The summed E-state index contributed by atoms with van der Waals surface area (Å²) in [6.07, 6.45) is 0.817. The molecule has 1 unspecified atom stereocenters. The minimum atomic E-state index is -0.295. The molecule has 0 aliphatic carbocycles. The predicted octanol–water partition coefficient (Wildman–Crippen LogP) is 3.52. The molecule has 4 amide bonds. The molecule has 0 radical (unpaired) electrons. The predicted molar refractivity (Wildman–Crippen MR) is 111 cm³/mol. The lowest BCUT2D eigenvalue weighted by Gasteiger charge is -2.41. The number of likely N-dealkylation sites (tertiary alicyclic amines) is 1. The van der Waals surface area contributed by atoms with Crippen LogP contribution in [0.1, 0.15) is 23.6 Å². The SMILES string of the molecule is Cc1cc(OCCN2CCNC2=O)ccc1NC(=O)N1CCC1c1cccc(F)c1. The molecule has 2 saturated heterocycles. The zero-order valence-corrected chi connectivity index (χ0v) is 16.9. The first-order valence-corrected chi connectivity index (χ1v) is 10.1. The number of carbonyl (C=O) groups excluding carboxylic acids is 2. The van der Waals surface area contributed by atoms with Crippen LogP contribution in [0.2, 0.25) is 0 Å². The van der Waals surface area contributed by atoms with E-state index in [-0.39, 0.29) is 23.9 Å². The second kappa shape index (κ2) is 8.61. The molecule has 2 aromatic rings. The number of hydrogen-bond acceptors (Lipinski definition) is 3. The number of urea groups is 2. The summed E-state index contributed by atoms with van der Waals surface area (Å²) in [5, 5.41) is 5.69. The molecule has 2 N–H and O–H groups in total. The van der Waals surface area contributed by atoms with Gasteiger partial charge in [-0.3, -0.25) is 0 Å². The quantitative estimate of drug-likeness (QED) is 0.763. The van der Waals surface area contributed by atoms with E-state index in [0.717, 1.165) is 17.5 Å². The van der Waals surface area contributed by atoms with Gasteiger partial charge < -0.3 is 25.2 Å². The maximum Gasteiger partial charge on any atom is 0.322 e. The Morgan fingerprint density at radius 2 is 2.13 bits per heavy atom. The summed E-state index contributed by atoms with van der Waals surface area (Å²) < 4.78 is 19.2. The molecule has 4 rings (SSSR count). The van der Waals surface area contributed by atoms with Gasteiger partial charge in [-0.15, -0.1) is 0 Å². The van der Waals surface area contributed by atoms with Crippen LogP contribution in [0.5, 0.6) is 5.75 Å². The highest BCUT2D eigenvalue weighted by Crippen LogP contribution is 2.34. The fraction of sp³-hybridized carbons (Fsp3) is 0.364. The van der Waals surface area contributed by atoms with Gasteiger partial charge in [-0.2, -0.15) is 0 Å². The Morgan fingerprint density at radius 3 is 2.80 bits per heavy atom. The number of rotatable bonds is 6. The fourth-order valence-corrected chi connectivity index (χ4v) is 3.74. The molecule has 2 heterocycles. The van der Waals surface area contributed by atoms with Gasteiger partial charge in [0.2, 0.25) is 0 Å². The second-order valence-electron chi connectivity index (χ2n) is 7.53. The Morgan fingerprint density at radius 1 is 1.27 bits per heavy atom. The third-order valence-electron chi connectivity index (χ3n) is 5.53. The monoisotopic (exact) mass is 412 g/mol. The van der Waals surface area contributed by atoms with E-state index in [0.29, 0.717) is 44.2 Å². The molecule has 0 saturated carbocycles. The second-order valence-corrected chi connectivity index (χ2v) is 7.53. The molecular weight excluding hydrogens is 387 g/mol. The van der Waals surface area contributed by atoms with Gasteiger partial charge >= 0.3 is 12.1 Å². The van der Waals surface area contributed by atoms with Gasteiger partial charge in [-0.05, 0) is 54.8 Å². The van der Waals surface area contributed by atoms with Crippen molar-refractivity contribution in [3.63, 3.8) is 0 Å². The number of aryl methyl sites for hydroxylation is 1. The van der Waals surface area contributed by atoms with Gasteiger partial charge in [0, 0.05) is 25.3 Å². The summed E-state index contributed by atoms with van der Waals surface area (Å²) in [5.74, 6) is 0.392. The largest absolute Gasteiger partial charge is 0.492 e. The van der Waals surface area contributed by atoms with Crippen molar-refractivity contribution >= 4 is 17.7 Å². The van der Waals surface area contributed by atoms with Crippen LogP contribution in [0.15, 0.2) is 42.5 Å². The van der Waals surface area contributed by atoms with Crippen LogP contribution in [0, 0.1) is 12.7 Å². The summed E-state index contributed by atoms with van der Waals surface area (Å²) in [6.45, 7) is 4.83. The molecular formula is C22H25FN4O3. The first kappa shape index (κ1) is 20.0. The molecule has 2 aliphatic rings. The van der Waals surface area contributed by atoms with Crippen molar-refractivity contribution in [1.82, 2.24) is 15.1 Å². The summed E-state index contributed by atoms with van der Waals surface area (Å²) in [6, 6.07) is 11.5. The summed E-state index contributed by atoms with van der Waals surface area (Å²) in [5.41, 5.74) is 2.39. The van der Waals surface area contributed by atoms with Crippen LogP contribution in [0.4, 0.5) is 19.7 Å². The van der Waals surface area contributed by atoms with Crippen LogP contribution in [-0.4, -0.2) is 54.6 Å². The highest BCUT2D eigenvalue weighted by atomic mass is 19.1. The van der Waals surface area contributed by atoms with Crippen molar-refractivity contribution in [2.45, 2.75) is 19.4 Å². The number of ether oxygens (including phenoxy) is 1.